The van der Waals surface area contributed by atoms with Crippen LogP contribution in [-0.2, 0) is 0 Å². The van der Waals surface area contributed by atoms with E-state index >= 15 is 0 Å². The first kappa shape index (κ1) is 9.51. The summed E-state index contributed by atoms with van der Waals surface area (Å²) in [7, 11) is 1.53. The number of phenols is 1. The van der Waals surface area contributed by atoms with Gasteiger partial charge in [0.1, 0.15) is 11.5 Å². The van der Waals surface area contributed by atoms with Gasteiger partial charge < -0.3 is 14.4 Å². The summed E-state index contributed by atoms with van der Waals surface area (Å²) in [6.45, 7) is 1.73. The van der Waals surface area contributed by atoms with Crippen LogP contribution in [0.5, 0.6) is 11.5 Å². The number of aryl methyl sites for hydroxylation is 1. The molecule has 1 aromatic heterocycles. The zero-order chi connectivity index (χ0) is 10.8. The summed E-state index contributed by atoms with van der Waals surface area (Å²) < 4.78 is 9.99. The number of aromatic nitrogens is 2. The maximum absolute atomic E-state index is 9.42. The first-order chi connectivity index (χ1) is 7.19. The van der Waals surface area contributed by atoms with Gasteiger partial charge in [0.25, 0.3) is 5.89 Å². The predicted octanol–water partition coefficient (Wildman–Crippen LogP) is 1.76. The molecule has 0 saturated carbocycles. The molecule has 1 N–H and O–H groups in total. The summed E-state index contributed by atoms with van der Waals surface area (Å²) in [5.41, 5.74) is 0.632. The van der Waals surface area contributed by atoms with Gasteiger partial charge in [-0.1, -0.05) is 5.16 Å². The predicted molar refractivity (Wildman–Crippen MR) is 52.7 cm³/mol. The van der Waals surface area contributed by atoms with Crippen molar-refractivity contribution in [3.8, 4) is 23.0 Å². The van der Waals surface area contributed by atoms with Crippen molar-refractivity contribution in [1.29, 1.82) is 0 Å². The third kappa shape index (κ3) is 1.90. The Hall–Kier alpha value is -2.04. The quantitative estimate of drug-likeness (QED) is 0.810. The van der Waals surface area contributed by atoms with Crippen LogP contribution in [0.1, 0.15) is 5.82 Å². The Kier molecular flexibility index (Phi) is 2.29. The Labute approximate surface area is 86.3 Å². The van der Waals surface area contributed by atoms with E-state index in [1.54, 1.807) is 13.0 Å². The van der Waals surface area contributed by atoms with Gasteiger partial charge >= 0.3 is 0 Å². The first-order valence-corrected chi connectivity index (χ1v) is 4.38. The van der Waals surface area contributed by atoms with Gasteiger partial charge in [-0.25, -0.2) is 0 Å². The van der Waals surface area contributed by atoms with Crippen LogP contribution in [0, 0.1) is 6.92 Å². The van der Waals surface area contributed by atoms with E-state index < -0.39 is 0 Å². The van der Waals surface area contributed by atoms with E-state index in [-0.39, 0.29) is 5.75 Å². The molecular formula is C10H10N2O3. The summed E-state index contributed by atoms with van der Waals surface area (Å²) in [4.78, 5) is 4.05. The Morgan fingerprint density at radius 2 is 2.13 bits per heavy atom. The number of methoxy groups -OCH3 is 1. The van der Waals surface area contributed by atoms with Gasteiger partial charge in [-0.15, -0.1) is 0 Å². The van der Waals surface area contributed by atoms with Crippen LogP contribution in [0.4, 0.5) is 0 Å². The summed E-state index contributed by atoms with van der Waals surface area (Å²) in [5.74, 6) is 1.55. The second-order valence-electron chi connectivity index (χ2n) is 3.07. The number of rotatable bonds is 2. The van der Waals surface area contributed by atoms with Gasteiger partial charge in [0, 0.05) is 11.6 Å². The molecule has 0 radical (unpaired) electrons. The van der Waals surface area contributed by atoms with Crippen molar-refractivity contribution in [3.05, 3.63) is 24.0 Å². The molecule has 0 saturated heterocycles. The molecule has 0 bridgehead atoms. The Morgan fingerprint density at radius 3 is 2.73 bits per heavy atom. The molecule has 2 aromatic rings. The van der Waals surface area contributed by atoms with Gasteiger partial charge in [-0.05, 0) is 19.1 Å². The van der Waals surface area contributed by atoms with Crippen molar-refractivity contribution >= 4 is 0 Å². The fourth-order valence-electron chi connectivity index (χ4n) is 1.24. The standard InChI is InChI=1S/C10H10N2O3/c1-6-11-10(15-12-6)7-3-8(13)5-9(4-7)14-2/h3-5,13H,1-2H3. The molecule has 15 heavy (non-hydrogen) atoms. The van der Waals surface area contributed by atoms with Crippen LogP contribution in [0.25, 0.3) is 11.5 Å². The number of nitrogens with zero attached hydrogens (tertiary/aromatic N) is 2. The number of benzene rings is 1. The highest BCUT2D eigenvalue weighted by Gasteiger charge is 2.09. The Bertz CT molecular complexity index is 479. The van der Waals surface area contributed by atoms with Gasteiger partial charge in [0.15, 0.2) is 5.82 Å². The fraction of sp³-hybridized carbons (Fsp3) is 0.200. The summed E-state index contributed by atoms with van der Waals surface area (Å²) in [6, 6.07) is 4.76. The third-order valence-electron chi connectivity index (χ3n) is 1.90. The van der Waals surface area contributed by atoms with Crippen LogP contribution in [0.15, 0.2) is 22.7 Å². The third-order valence-corrected chi connectivity index (χ3v) is 1.90. The van der Waals surface area contributed by atoms with E-state index in [9.17, 15) is 5.11 Å². The molecule has 0 spiro atoms. The molecule has 1 heterocycles. The van der Waals surface area contributed by atoms with Gasteiger partial charge in [-0.3, -0.25) is 0 Å². The van der Waals surface area contributed by atoms with Crippen molar-refractivity contribution < 1.29 is 14.4 Å². The van der Waals surface area contributed by atoms with Crippen molar-refractivity contribution in [2.45, 2.75) is 6.92 Å². The minimum absolute atomic E-state index is 0.0974. The molecule has 0 unspecified atom stereocenters. The monoisotopic (exact) mass is 206 g/mol. The Balaban J connectivity index is 2.48. The maximum Gasteiger partial charge on any atom is 0.258 e. The molecule has 78 valence electrons. The molecule has 0 amide bonds. The van der Waals surface area contributed by atoms with Crippen molar-refractivity contribution in [2.24, 2.45) is 0 Å². The highest BCUT2D eigenvalue weighted by molar-refractivity contribution is 5.59. The van der Waals surface area contributed by atoms with E-state index in [0.29, 0.717) is 23.0 Å². The average Bonchev–Trinajstić information content (AvgIpc) is 2.64. The zero-order valence-electron chi connectivity index (χ0n) is 8.39. The fourth-order valence-corrected chi connectivity index (χ4v) is 1.24. The van der Waals surface area contributed by atoms with Crippen molar-refractivity contribution in [2.75, 3.05) is 7.11 Å². The second kappa shape index (κ2) is 3.61. The number of hydrogen-bond donors (Lipinski definition) is 1. The highest BCUT2D eigenvalue weighted by atomic mass is 16.5. The SMILES string of the molecule is COc1cc(O)cc(-c2nc(C)no2)c1. The molecular weight excluding hydrogens is 196 g/mol. The first-order valence-electron chi connectivity index (χ1n) is 4.38. The van der Waals surface area contributed by atoms with E-state index in [0.717, 1.165) is 0 Å². The molecule has 0 aliphatic carbocycles. The molecule has 0 aliphatic rings. The number of phenolic OH excluding ortho intramolecular Hbond substituents is 1. The molecule has 5 heteroatoms. The minimum atomic E-state index is 0.0974. The van der Waals surface area contributed by atoms with E-state index in [1.807, 2.05) is 0 Å². The van der Waals surface area contributed by atoms with Gasteiger partial charge in [-0.2, -0.15) is 4.98 Å². The smallest absolute Gasteiger partial charge is 0.258 e. The summed E-state index contributed by atoms with van der Waals surface area (Å²) >= 11 is 0. The maximum atomic E-state index is 9.42. The van der Waals surface area contributed by atoms with Crippen LogP contribution in [0.2, 0.25) is 0 Å². The Morgan fingerprint density at radius 1 is 1.33 bits per heavy atom. The molecule has 0 fully saturated rings. The number of hydrogen-bond acceptors (Lipinski definition) is 5. The average molecular weight is 206 g/mol. The summed E-state index contributed by atoms with van der Waals surface area (Å²) in [6.07, 6.45) is 0. The lowest BCUT2D eigenvalue weighted by Crippen LogP contribution is -1.84. The van der Waals surface area contributed by atoms with Crippen LogP contribution >= 0.6 is 0 Å². The highest BCUT2D eigenvalue weighted by Crippen LogP contribution is 2.27. The van der Waals surface area contributed by atoms with Crippen LogP contribution < -0.4 is 4.74 Å². The minimum Gasteiger partial charge on any atom is -0.508 e. The lowest BCUT2D eigenvalue weighted by atomic mass is 10.2. The second-order valence-corrected chi connectivity index (χ2v) is 3.07. The number of aromatic hydroxyl groups is 1. The van der Waals surface area contributed by atoms with Crippen LogP contribution in [-0.4, -0.2) is 22.4 Å². The molecule has 0 atom stereocenters. The van der Waals surface area contributed by atoms with Gasteiger partial charge in [0.05, 0.1) is 7.11 Å². The van der Waals surface area contributed by atoms with Crippen LogP contribution in [0.3, 0.4) is 0 Å². The number of ether oxygens (including phenoxy) is 1. The lowest BCUT2D eigenvalue weighted by Gasteiger charge is -2.02. The molecule has 0 aliphatic heterocycles. The summed E-state index contributed by atoms with van der Waals surface area (Å²) in [5, 5.41) is 13.1. The molecule has 5 nitrogen and oxygen atoms in total. The van der Waals surface area contributed by atoms with Crippen molar-refractivity contribution in [3.63, 3.8) is 0 Å². The lowest BCUT2D eigenvalue weighted by molar-refractivity contribution is 0.405. The zero-order valence-corrected chi connectivity index (χ0v) is 8.39. The molecule has 1 aromatic carbocycles. The largest absolute Gasteiger partial charge is 0.508 e. The normalized spacial score (nSPS) is 10.3. The topological polar surface area (TPSA) is 68.4 Å². The van der Waals surface area contributed by atoms with Crippen molar-refractivity contribution in [1.82, 2.24) is 10.1 Å². The van der Waals surface area contributed by atoms with E-state index in [4.69, 9.17) is 9.26 Å². The molecule has 2 rings (SSSR count). The van der Waals surface area contributed by atoms with E-state index in [1.165, 1.54) is 19.2 Å². The van der Waals surface area contributed by atoms with Gasteiger partial charge in [0.2, 0.25) is 0 Å². The van der Waals surface area contributed by atoms with E-state index in [2.05, 4.69) is 10.1 Å².